The number of rotatable bonds is 6. The van der Waals surface area contributed by atoms with Gasteiger partial charge in [-0.3, -0.25) is 24.1 Å². The van der Waals surface area contributed by atoms with E-state index < -0.39 is 5.92 Å². The Balaban J connectivity index is 1.53. The molecule has 0 saturated carbocycles. The lowest BCUT2D eigenvalue weighted by Crippen LogP contribution is -2.32. The fourth-order valence-corrected chi connectivity index (χ4v) is 4.08. The molecule has 1 unspecified atom stereocenters. The topological polar surface area (TPSA) is 129 Å². The normalized spacial score (nSPS) is 18.1. The van der Waals surface area contributed by atoms with Crippen molar-refractivity contribution in [2.45, 2.75) is 19.8 Å². The lowest BCUT2D eigenvalue weighted by molar-refractivity contribution is -0.120. The number of hydrogen-bond acceptors (Lipinski definition) is 7. The molecule has 0 bridgehead atoms. The number of pyridine rings is 1. The molecule has 3 aromatic heterocycles. The van der Waals surface area contributed by atoms with Crippen LogP contribution in [0.15, 0.2) is 71.3 Å². The van der Waals surface area contributed by atoms with Gasteiger partial charge >= 0.3 is 0 Å². The van der Waals surface area contributed by atoms with E-state index in [1.807, 2.05) is 31.2 Å². The zero-order chi connectivity index (χ0) is 23.5. The molecule has 5 rings (SSSR count). The second-order valence-corrected chi connectivity index (χ2v) is 7.86. The van der Waals surface area contributed by atoms with E-state index in [0.717, 1.165) is 28.2 Å². The third kappa shape index (κ3) is 4.08. The first-order valence-corrected chi connectivity index (χ1v) is 10.8. The van der Waals surface area contributed by atoms with Crippen molar-refractivity contribution in [2.75, 3.05) is 0 Å². The van der Waals surface area contributed by atoms with Crippen LogP contribution >= 0.6 is 0 Å². The van der Waals surface area contributed by atoms with E-state index in [9.17, 15) is 9.59 Å². The van der Waals surface area contributed by atoms with E-state index in [1.54, 1.807) is 37.2 Å². The van der Waals surface area contributed by atoms with Gasteiger partial charge in [0.2, 0.25) is 5.91 Å². The van der Waals surface area contributed by atoms with Crippen molar-refractivity contribution in [3.8, 4) is 11.3 Å². The Morgan fingerprint density at radius 2 is 2.18 bits per heavy atom. The summed E-state index contributed by atoms with van der Waals surface area (Å²) >= 11 is 0. The van der Waals surface area contributed by atoms with Crippen molar-refractivity contribution in [1.29, 1.82) is 0 Å². The summed E-state index contributed by atoms with van der Waals surface area (Å²) in [5.41, 5.74) is 8.14. The van der Waals surface area contributed by atoms with Crippen molar-refractivity contribution in [3.63, 3.8) is 0 Å². The number of aromatic nitrogens is 4. The maximum atomic E-state index is 12.6. The van der Waals surface area contributed by atoms with Gasteiger partial charge in [0.05, 0.1) is 22.8 Å². The summed E-state index contributed by atoms with van der Waals surface area (Å²) in [6.45, 7) is 1.98. The number of carbonyl (C=O) groups excluding carboxylic acids is 2. The highest BCUT2D eigenvalue weighted by Gasteiger charge is 2.30. The highest BCUT2D eigenvalue weighted by atomic mass is 16.2. The van der Waals surface area contributed by atoms with Gasteiger partial charge in [-0.05, 0) is 37.1 Å². The van der Waals surface area contributed by atoms with Gasteiger partial charge in [0.25, 0.3) is 5.91 Å². The van der Waals surface area contributed by atoms with Crippen LogP contribution in [-0.2, 0) is 11.2 Å². The molecular formula is C24H22N8O2. The van der Waals surface area contributed by atoms with Crippen LogP contribution in [0.2, 0.25) is 0 Å². The SMILES string of the molecule is Cc1[nH]c(C=C2NC=CN=C2C2C=NNC2=O)c(-c2ccccn2)c1CCC(=O)n1ccnc1. The predicted molar refractivity (Wildman–Crippen MR) is 128 cm³/mol. The molecule has 3 N–H and O–H groups in total. The molecule has 0 radical (unpaired) electrons. The third-order valence-electron chi connectivity index (χ3n) is 5.72. The van der Waals surface area contributed by atoms with Crippen molar-refractivity contribution in [3.05, 3.63) is 78.2 Å². The minimum atomic E-state index is -0.578. The molecule has 1 atom stereocenters. The van der Waals surface area contributed by atoms with Gasteiger partial charge in [-0.15, -0.1) is 0 Å². The number of carbonyl (C=O) groups is 2. The highest BCUT2D eigenvalue weighted by Crippen LogP contribution is 2.32. The Morgan fingerprint density at radius 3 is 2.91 bits per heavy atom. The number of allylic oxidation sites excluding steroid dienone is 1. The Labute approximate surface area is 195 Å². The molecule has 10 nitrogen and oxygen atoms in total. The van der Waals surface area contributed by atoms with Crippen LogP contribution in [0.25, 0.3) is 17.3 Å². The Hall–Kier alpha value is -4.60. The van der Waals surface area contributed by atoms with E-state index in [0.29, 0.717) is 24.3 Å². The second kappa shape index (κ2) is 9.10. The molecule has 5 heterocycles. The van der Waals surface area contributed by atoms with Crippen molar-refractivity contribution < 1.29 is 9.59 Å². The van der Waals surface area contributed by atoms with Crippen molar-refractivity contribution >= 4 is 29.8 Å². The van der Waals surface area contributed by atoms with Gasteiger partial charge in [0.15, 0.2) is 0 Å². The molecule has 170 valence electrons. The van der Waals surface area contributed by atoms with Gasteiger partial charge < -0.3 is 10.3 Å². The third-order valence-corrected chi connectivity index (χ3v) is 5.72. The van der Waals surface area contributed by atoms with Crippen LogP contribution in [0.4, 0.5) is 0 Å². The number of H-pyrrole nitrogens is 1. The summed E-state index contributed by atoms with van der Waals surface area (Å²) in [5.74, 6) is -0.844. The predicted octanol–water partition coefficient (Wildman–Crippen LogP) is 2.44. The van der Waals surface area contributed by atoms with E-state index in [4.69, 9.17) is 0 Å². The number of aromatic amines is 1. The van der Waals surface area contributed by atoms with Gasteiger partial charge in [-0.2, -0.15) is 5.10 Å². The fraction of sp³-hybridized carbons (Fsp3) is 0.167. The maximum absolute atomic E-state index is 12.6. The van der Waals surface area contributed by atoms with Crippen LogP contribution < -0.4 is 10.7 Å². The largest absolute Gasteiger partial charge is 0.359 e. The smallest absolute Gasteiger partial charge is 0.254 e. The number of hydrogen-bond donors (Lipinski definition) is 3. The lowest BCUT2D eigenvalue weighted by Gasteiger charge is -2.16. The molecule has 0 aromatic carbocycles. The zero-order valence-electron chi connectivity index (χ0n) is 18.4. The van der Waals surface area contributed by atoms with Gasteiger partial charge in [0.1, 0.15) is 12.2 Å². The first-order valence-electron chi connectivity index (χ1n) is 10.8. The molecular weight excluding hydrogens is 432 g/mol. The van der Waals surface area contributed by atoms with E-state index in [2.05, 4.69) is 35.8 Å². The van der Waals surface area contributed by atoms with Crippen LogP contribution in [0.1, 0.15) is 28.2 Å². The Morgan fingerprint density at radius 1 is 1.26 bits per heavy atom. The summed E-state index contributed by atoms with van der Waals surface area (Å²) in [6, 6.07) is 5.72. The number of aryl methyl sites for hydroxylation is 1. The van der Waals surface area contributed by atoms with Gasteiger partial charge in [0, 0.05) is 54.9 Å². The molecule has 10 heteroatoms. The average molecular weight is 454 g/mol. The minimum Gasteiger partial charge on any atom is -0.359 e. The van der Waals surface area contributed by atoms with E-state index >= 15 is 0 Å². The number of hydrazone groups is 1. The number of amides is 1. The molecule has 0 aliphatic carbocycles. The highest BCUT2D eigenvalue weighted by molar-refractivity contribution is 6.24. The average Bonchev–Trinajstić information content (AvgIpc) is 3.60. The summed E-state index contributed by atoms with van der Waals surface area (Å²) < 4.78 is 1.49. The number of aliphatic imine (C=N–C) groups is 1. The number of nitrogens with one attached hydrogen (secondary N) is 3. The Kier molecular flexibility index (Phi) is 5.69. The quantitative estimate of drug-likeness (QED) is 0.527. The molecule has 2 aliphatic heterocycles. The summed E-state index contributed by atoms with van der Waals surface area (Å²) in [6.07, 6.45) is 14.1. The minimum absolute atomic E-state index is 0.0370. The van der Waals surface area contributed by atoms with Crippen LogP contribution in [0.5, 0.6) is 0 Å². The van der Waals surface area contributed by atoms with Crippen LogP contribution in [-0.4, -0.2) is 43.3 Å². The summed E-state index contributed by atoms with van der Waals surface area (Å²) in [5, 5.41) is 7.06. The Bertz CT molecular complexity index is 1350. The monoisotopic (exact) mass is 454 g/mol. The van der Waals surface area contributed by atoms with Crippen molar-refractivity contribution in [2.24, 2.45) is 16.0 Å². The number of nitrogens with zero attached hydrogens (tertiary/aromatic N) is 5. The molecule has 0 spiro atoms. The standard InChI is InChI=1S/C24H22N8O2/c1-15-16(5-6-21(33)32-11-10-25-14-32)22(18-4-2-3-7-26-18)19(30-15)12-20-23(28-9-8-27-20)17-13-29-31-24(17)34/h2-4,7-14,17,27,30H,5-6H2,1H3,(H,31,34). The van der Waals surface area contributed by atoms with Gasteiger partial charge in [-0.1, -0.05) is 6.07 Å². The first kappa shape index (κ1) is 21.3. The summed E-state index contributed by atoms with van der Waals surface area (Å²) in [7, 11) is 0. The van der Waals surface area contributed by atoms with Crippen molar-refractivity contribution in [1.82, 2.24) is 30.3 Å². The molecule has 1 amide bonds. The van der Waals surface area contributed by atoms with Gasteiger partial charge in [-0.25, -0.2) is 10.4 Å². The first-order chi connectivity index (χ1) is 16.6. The molecule has 0 saturated heterocycles. The number of imidazole rings is 1. The maximum Gasteiger partial charge on any atom is 0.254 e. The zero-order valence-corrected chi connectivity index (χ0v) is 18.4. The molecule has 2 aliphatic rings. The van der Waals surface area contributed by atoms with E-state index in [1.165, 1.54) is 10.9 Å². The second-order valence-electron chi connectivity index (χ2n) is 7.86. The molecule has 3 aromatic rings. The summed E-state index contributed by atoms with van der Waals surface area (Å²) in [4.78, 5) is 41.2. The lowest BCUT2D eigenvalue weighted by atomic mass is 9.97. The molecule has 0 fully saturated rings. The van der Waals surface area contributed by atoms with Crippen LogP contribution in [0.3, 0.4) is 0 Å². The van der Waals surface area contributed by atoms with Crippen LogP contribution in [0, 0.1) is 12.8 Å². The fourth-order valence-electron chi connectivity index (χ4n) is 4.08. The van der Waals surface area contributed by atoms with E-state index in [-0.39, 0.29) is 11.8 Å². The molecule has 34 heavy (non-hydrogen) atoms.